The summed E-state index contributed by atoms with van der Waals surface area (Å²) in [6, 6.07) is 13.5. The van der Waals surface area contributed by atoms with E-state index in [4.69, 9.17) is 11.6 Å². The number of thioether (sulfide) groups is 1. The van der Waals surface area contributed by atoms with Crippen LogP contribution >= 0.6 is 34.7 Å². The van der Waals surface area contributed by atoms with Gasteiger partial charge in [-0.1, -0.05) is 47.6 Å². The Labute approximate surface area is 195 Å². The number of non-ortho nitro benzene ring substituents is 1. The van der Waals surface area contributed by atoms with Crippen LogP contribution in [0.15, 0.2) is 59.1 Å². The maximum absolute atomic E-state index is 12.4. The van der Waals surface area contributed by atoms with Crippen LogP contribution in [0.25, 0.3) is 22.6 Å². The lowest BCUT2D eigenvalue weighted by Crippen LogP contribution is -2.14. The van der Waals surface area contributed by atoms with Crippen LogP contribution in [0.4, 0.5) is 10.8 Å². The zero-order chi connectivity index (χ0) is 22.7. The monoisotopic (exact) mass is 486 g/mol. The van der Waals surface area contributed by atoms with Gasteiger partial charge in [-0.15, -0.1) is 21.5 Å². The average Bonchev–Trinajstić information content (AvgIpc) is 3.39. The summed E-state index contributed by atoms with van der Waals surface area (Å²) in [5.41, 5.74) is 2.21. The fourth-order valence-corrected chi connectivity index (χ4v) is 4.39. The van der Waals surface area contributed by atoms with Crippen LogP contribution in [0, 0.1) is 10.1 Å². The van der Waals surface area contributed by atoms with Crippen molar-refractivity contribution in [3.63, 3.8) is 0 Å². The molecule has 0 bridgehead atoms. The molecule has 0 aliphatic rings. The standard InChI is InChI=1S/C20H15ClN6O3S2/c1-26-18(13-3-2-4-15(9-13)27(29)30)24-25-20(26)32-11-17(28)23-19-22-16(10-31-19)12-5-7-14(21)8-6-12/h2-10H,11H2,1H3,(H,22,23,28). The Balaban J connectivity index is 1.38. The number of benzene rings is 2. The van der Waals surface area contributed by atoms with Gasteiger partial charge in [0.25, 0.3) is 5.69 Å². The van der Waals surface area contributed by atoms with E-state index < -0.39 is 4.92 Å². The first-order valence-corrected chi connectivity index (χ1v) is 11.4. The molecule has 2 aromatic carbocycles. The Morgan fingerprint density at radius 1 is 1.22 bits per heavy atom. The SMILES string of the molecule is Cn1c(SCC(=O)Nc2nc(-c3ccc(Cl)cc3)cs2)nnc1-c1cccc([N+](=O)[O-])c1. The maximum Gasteiger partial charge on any atom is 0.270 e. The lowest BCUT2D eigenvalue weighted by atomic mass is 10.2. The maximum atomic E-state index is 12.4. The predicted molar refractivity (Wildman–Crippen MR) is 125 cm³/mol. The van der Waals surface area contributed by atoms with E-state index in [0.717, 1.165) is 11.3 Å². The lowest BCUT2D eigenvalue weighted by Gasteiger charge is -2.04. The van der Waals surface area contributed by atoms with Crippen molar-refractivity contribution >= 4 is 51.4 Å². The van der Waals surface area contributed by atoms with Crippen LogP contribution in [-0.4, -0.2) is 36.3 Å². The molecule has 0 unspecified atom stereocenters. The summed E-state index contributed by atoms with van der Waals surface area (Å²) >= 11 is 8.45. The molecule has 1 N–H and O–H groups in total. The average molecular weight is 487 g/mol. The molecular weight excluding hydrogens is 472 g/mol. The Hall–Kier alpha value is -3.28. The molecule has 0 spiro atoms. The molecule has 2 aromatic heterocycles. The molecule has 4 rings (SSSR count). The first-order valence-electron chi connectivity index (χ1n) is 9.19. The number of amides is 1. The molecule has 0 aliphatic heterocycles. The van der Waals surface area contributed by atoms with Gasteiger partial charge in [-0.2, -0.15) is 0 Å². The summed E-state index contributed by atoms with van der Waals surface area (Å²) in [7, 11) is 1.74. The second-order valence-electron chi connectivity index (χ2n) is 6.55. The Morgan fingerprint density at radius 3 is 2.75 bits per heavy atom. The van der Waals surface area contributed by atoms with E-state index in [1.54, 1.807) is 35.9 Å². The molecule has 12 heteroatoms. The number of halogens is 1. The normalized spacial score (nSPS) is 10.8. The minimum atomic E-state index is -0.461. The summed E-state index contributed by atoms with van der Waals surface area (Å²) in [5.74, 6) is 0.354. The number of anilines is 1. The third kappa shape index (κ3) is 4.96. The van der Waals surface area contributed by atoms with Crippen LogP contribution in [-0.2, 0) is 11.8 Å². The fraction of sp³-hybridized carbons (Fsp3) is 0.100. The van der Waals surface area contributed by atoms with Gasteiger partial charge in [-0.25, -0.2) is 4.98 Å². The smallest absolute Gasteiger partial charge is 0.270 e. The van der Waals surface area contributed by atoms with E-state index in [-0.39, 0.29) is 17.3 Å². The summed E-state index contributed by atoms with van der Waals surface area (Å²) in [5, 5.41) is 25.5. The Morgan fingerprint density at radius 2 is 2.00 bits per heavy atom. The topological polar surface area (TPSA) is 116 Å². The van der Waals surface area contributed by atoms with Crippen LogP contribution in [0.3, 0.4) is 0 Å². The van der Waals surface area contributed by atoms with Gasteiger partial charge >= 0.3 is 0 Å². The van der Waals surface area contributed by atoms with Gasteiger partial charge in [0, 0.05) is 40.7 Å². The molecule has 0 aliphatic carbocycles. The molecule has 9 nitrogen and oxygen atoms in total. The number of aromatic nitrogens is 4. The van der Waals surface area contributed by atoms with Crippen LogP contribution < -0.4 is 5.32 Å². The van der Waals surface area contributed by atoms with Crippen molar-refractivity contribution < 1.29 is 9.72 Å². The Bertz CT molecular complexity index is 1290. The number of carbonyl (C=O) groups excluding carboxylic acids is 1. The van der Waals surface area contributed by atoms with E-state index >= 15 is 0 Å². The minimum absolute atomic E-state index is 0.0273. The van der Waals surface area contributed by atoms with Crippen LogP contribution in [0.5, 0.6) is 0 Å². The number of nitrogens with one attached hydrogen (secondary N) is 1. The van der Waals surface area contributed by atoms with E-state index in [9.17, 15) is 14.9 Å². The van der Waals surface area contributed by atoms with Gasteiger partial charge in [0.05, 0.1) is 16.4 Å². The molecule has 0 saturated heterocycles. The van der Waals surface area contributed by atoms with Gasteiger partial charge < -0.3 is 9.88 Å². The first-order chi connectivity index (χ1) is 15.4. The highest BCUT2D eigenvalue weighted by Crippen LogP contribution is 2.27. The quantitative estimate of drug-likeness (QED) is 0.224. The van der Waals surface area contributed by atoms with Crippen molar-refractivity contribution in [2.24, 2.45) is 7.05 Å². The molecule has 0 saturated carbocycles. The van der Waals surface area contributed by atoms with E-state index in [0.29, 0.717) is 26.7 Å². The summed E-state index contributed by atoms with van der Waals surface area (Å²) in [4.78, 5) is 27.3. The predicted octanol–water partition coefficient (Wildman–Crippen LogP) is 4.90. The van der Waals surface area contributed by atoms with Crippen LogP contribution in [0.2, 0.25) is 5.02 Å². The number of rotatable bonds is 7. The number of hydrogen-bond acceptors (Lipinski definition) is 8. The van der Waals surface area contributed by atoms with Crippen molar-refractivity contribution in [1.82, 2.24) is 19.7 Å². The molecule has 0 radical (unpaired) electrons. The van der Waals surface area contributed by atoms with Gasteiger partial charge in [0.15, 0.2) is 16.1 Å². The van der Waals surface area contributed by atoms with Gasteiger partial charge in [-0.05, 0) is 12.1 Å². The second-order valence-corrected chi connectivity index (χ2v) is 8.79. The van der Waals surface area contributed by atoms with Crippen molar-refractivity contribution in [2.45, 2.75) is 5.16 Å². The molecule has 2 heterocycles. The summed E-state index contributed by atoms with van der Waals surface area (Å²) < 4.78 is 1.69. The number of thiazole rings is 1. The lowest BCUT2D eigenvalue weighted by molar-refractivity contribution is -0.384. The highest BCUT2D eigenvalue weighted by molar-refractivity contribution is 7.99. The largest absolute Gasteiger partial charge is 0.305 e. The molecule has 0 atom stereocenters. The Kier molecular flexibility index (Phi) is 6.49. The molecule has 32 heavy (non-hydrogen) atoms. The zero-order valence-electron chi connectivity index (χ0n) is 16.6. The van der Waals surface area contributed by atoms with E-state index in [2.05, 4.69) is 20.5 Å². The van der Waals surface area contributed by atoms with Gasteiger partial charge in [-0.3, -0.25) is 14.9 Å². The van der Waals surface area contributed by atoms with Crippen molar-refractivity contribution in [3.8, 4) is 22.6 Å². The highest BCUT2D eigenvalue weighted by atomic mass is 35.5. The van der Waals surface area contributed by atoms with Gasteiger partial charge in [0.1, 0.15) is 0 Å². The van der Waals surface area contributed by atoms with Crippen LogP contribution in [0.1, 0.15) is 0 Å². The number of nitrogens with zero attached hydrogens (tertiary/aromatic N) is 5. The molecule has 0 fully saturated rings. The molecular formula is C20H15ClN6O3S2. The van der Waals surface area contributed by atoms with Gasteiger partial charge in [0.2, 0.25) is 5.91 Å². The first kappa shape index (κ1) is 21.9. The molecule has 162 valence electrons. The van der Waals surface area contributed by atoms with Crippen molar-refractivity contribution in [2.75, 3.05) is 11.1 Å². The number of carbonyl (C=O) groups is 1. The van der Waals surface area contributed by atoms with E-state index in [1.807, 2.05) is 17.5 Å². The highest BCUT2D eigenvalue weighted by Gasteiger charge is 2.16. The van der Waals surface area contributed by atoms with Crippen molar-refractivity contribution in [1.29, 1.82) is 0 Å². The minimum Gasteiger partial charge on any atom is -0.305 e. The number of nitro benzene ring substituents is 1. The second kappa shape index (κ2) is 9.47. The molecule has 4 aromatic rings. The number of hydrogen-bond donors (Lipinski definition) is 1. The zero-order valence-corrected chi connectivity index (χ0v) is 18.9. The fourth-order valence-electron chi connectivity index (χ4n) is 2.82. The van der Waals surface area contributed by atoms with E-state index in [1.165, 1.54) is 35.2 Å². The summed E-state index contributed by atoms with van der Waals surface area (Å²) in [6.07, 6.45) is 0. The number of nitro groups is 1. The third-order valence-electron chi connectivity index (χ3n) is 4.37. The van der Waals surface area contributed by atoms with Crippen molar-refractivity contribution in [3.05, 3.63) is 69.0 Å². The third-order valence-corrected chi connectivity index (χ3v) is 6.40. The summed E-state index contributed by atoms with van der Waals surface area (Å²) in [6.45, 7) is 0. The molecule has 1 amide bonds.